The topological polar surface area (TPSA) is 38.7 Å². The molecular weight excluding hydrogens is 296 g/mol. The predicted molar refractivity (Wildman–Crippen MR) is 77.2 cm³/mol. The van der Waals surface area contributed by atoms with Crippen molar-refractivity contribution in [1.29, 1.82) is 0 Å². The molecule has 100 valence electrons. The largest absolute Gasteiger partial charge is 0.493 e. The van der Waals surface area contributed by atoms with Crippen LogP contribution in [0.3, 0.4) is 0 Å². The Morgan fingerprint density at radius 1 is 1.39 bits per heavy atom. The number of hydrogen-bond donors (Lipinski definition) is 1. The first-order chi connectivity index (χ1) is 8.65. The highest BCUT2D eigenvalue weighted by Gasteiger charge is 2.10. The zero-order valence-corrected chi connectivity index (χ0v) is 12.6. The third-order valence-corrected chi connectivity index (χ3v) is 3.16. The fourth-order valence-corrected chi connectivity index (χ4v) is 2.18. The van der Waals surface area contributed by atoms with Crippen LogP contribution >= 0.6 is 15.9 Å². The molecule has 1 N–H and O–H groups in total. The Morgan fingerprint density at radius 3 is 2.61 bits per heavy atom. The lowest BCUT2D eigenvalue weighted by Gasteiger charge is -2.12. The Labute approximate surface area is 117 Å². The van der Waals surface area contributed by atoms with Gasteiger partial charge in [0.25, 0.3) is 0 Å². The number of rotatable bonds is 6. The van der Waals surface area contributed by atoms with Gasteiger partial charge in [0.05, 0.1) is 24.8 Å². The SMILES string of the molecule is CCOc1c(Br)cc(C=C(CC)CO)cc1OC. The maximum Gasteiger partial charge on any atom is 0.175 e. The van der Waals surface area contributed by atoms with Crippen molar-refractivity contribution in [1.82, 2.24) is 0 Å². The van der Waals surface area contributed by atoms with Crippen LogP contribution in [-0.2, 0) is 0 Å². The molecule has 0 radical (unpaired) electrons. The van der Waals surface area contributed by atoms with Gasteiger partial charge in [-0.05, 0) is 52.5 Å². The molecule has 1 aromatic carbocycles. The molecule has 0 aliphatic rings. The van der Waals surface area contributed by atoms with Crippen LogP contribution in [0.15, 0.2) is 22.2 Å². The van der Waals surface area contributed by atoms with E-state index in [1.807, 2.05) is 32.1 Å². The van der Waals surface area contributed by atoms with Crippen LogP contribution < -0.4 is 9.47 Å². The molecule has 0 bridgehead atoms. The molecule has 0 saturated carbocycles. The van der Waals surface area contributed by atoms with Crippen LogP contribution in [0.1, 0.15) is 25.8 Å². The lowest BCUT2D eigenvalue weighted by atomic mass is 10.1. The molecule has 1 rings (SSSR count). The summed E-state index contributed by atoms with van der Waals surface area (Å²) in [5, 5.41) is 9.19. The van der Waals surface area contributed by atoms with E-state index in [4.69, 9.17) is 9.47 Å². The summed E-state index contributed by atoms with van der Waals surface area (Å²) in [6.07, 6.45) is 2.78. The molecule has 0 aliphatic carbocycles. The minimum atomic E-state index is 0.0731. The Hall–Kier alpha value is -1.00. The fraction of sp³-hybridized carbons (Fsp3) is 0.429. The van der Waals surface area contributed by atoms with Gasteiger partial charge in [0.15, 0.2) is 11.5 Å². The van der Waals surface area contributed by atoms with Gasteiger partial charge in [-0.1, -0.05) is 13.0 Å². The second-order valence-electron chi connectivity index (χ2n) is 3.78. The normalized spacial score (nSPS) is 11.5. The first kappa shape index (κ1) is 15.1. The van der Waals surface area contributed by atoms with Crippen molar-refractivity contribution in [3.63, 3.8) is 0 Å². The summed E-state index contributed by atoms with van der Waals surface area (Å²) in [4.78, 5) is 0. The standard InChI is InChI=1S/C14H19BrO3/c1-4-10(9-16)6-11-7-12(15)14(18-5-2)13(8-11)17-3/h6-8,16H,4-5,9H2,1-3H3. The van der Waals surface area contributed by atoms with E-state index >= 15 is 0 Å². The number of halogens is 1. The molecule has 0 atom stereocenters. The van der Waals surface area contributed by atoms with Crippen LogP contribution in [0.25, 0.3) is 6.08 Å². The summed E-state index contributed by atoms with van der Waals surface area (Å²) >= 11 is 3.48. The van der Waals surface area contributed by atoms with Gasteiger partial charge in [0.1, 0.15) is 0 Å². The van der Waals surface area contributed by atoms with Crippen molar-refractivity contribution in [3.05, 3.63) is 27.7 Å². The maximum atomic E-state index is 9.19. The number of aliphatic hydroxyl groups is 1. The van der Waals surface area contributed by atoms with Crippen molar-refractivity contribution in [2.75, 3.05) is 20.3 Å². The third kappa shape index (κ3) is 3.75. The highest BCUT2D eigenvalue weighted by molar-refractivity contribution is 9.10. The summed E-state index contributed by atoms with van der Waals surface area (Å²) in [5.74, 6) is 1.39. The second-order valence-corrected chi connectivity index (χ2v) is 4.64. The Balaban J connectivity index is 3.17. The summed E-state index contributed by atoms with van der Waals surface area (Å²) in [6, 6.07) is 3.86. The smallest absolute Gasteiger partial charge is 0.175 e. The minimum absolute atomic E-state index is 0.0731. The predicted octanol–water partition coefficient (Wildman–Crippen LogP) is 3.64. The molecule has 1 aromatic rings. The number of benzene rings is 1. The van der Waals surface area contributed by atoms with Crippen LogP contribution in [0.4, 0.5) is 0 Å². The molecule has 0 saturated heterocycles. The summed E-state index contributed by atoms with van der Waals surface area (Å²) in [7, 11) is 1.62. The van der Waals surface area contributed by atoms with Gasteiger partial charge in [-0.3, -0.25) is 0 Å². The van der Waals surface area contributed by atoms with Crippen molar-refractivity contribution in [2.24, 2.45) is 0 Å². The van der Waals surface area contributed by atoms with E-state index in [2.05, 4.69) is 15.9 Å². The van der Waals surface area contributed by atoms with Crippen molar-refractivity contribution in [3.8, 4) is 11.5 Å². The van der Waals surface area contributed by atoms with Crippen LogP contribution in [0.5, 0.6) is 11.5 Å². The van der Waals surface area contributed by atoms with Gasteiger partial charge < -0.3 is 14.6 Å². The van der Waals surface area contributed by atoms with Crippen molar-refractivity contribution in [2.45, 2.75) is 20.3 Å². The molecule has 0 aliphatic heterocycles. The average molecular weight is 315 g/mol. The molecule has 0 spiro atoms. The van der Waals surface area contributed by atoms with E-state index in [-0.39, 0.29) is 6.61 Å². The van der Waals surface area contributed by atoms with E-state index in [1.54, 1.807) is 7.11 Å². The number of hydrogen-bond acceptors (Lipinski definition) is 3. The van der Waals surface area contributed by atoms with Gasteiger partial charge in [-0.15, -0.1) is 0 Å². The van der Waals surface area contributed by atoms with Crippen molar-refractivity contribution >= 4 is 22.0 Å². The van der Waals surface area contributed by atoms with E-state index in [9.17, 15) is 5.11 Å². The van der Waals surface area contributed by atoms with Gasteiger partial charge in [0, 0.05) is 0 Å². The lowest BCUT2D eigenvalue weighted by Crippen LogP contribution is -1.97. The third-order valence-electron chi connectivity index (χ3n) is 2.57. The summed E-state index contributed by atoms with van der Waals surface area (Å²) in [6.45, 7) is 4.61. The molecule has 18 heavy (non-hydrogen) atoms. The molecule has 3 nitrogen and oxygen atoms in total. The Bertz CT molecular complexity index is 421. The molecular formula is C14H19BrO3. The fourth-order valence-electron chi connectivity index (χ4n) is 1.60. The minimum Gasteiger partial charge on any atom is -0.493 e. The molecule has 4 heteroatoms. The molecule has 0 unspecified atom stereocenters. The number of ether oxygens (including phenoxy) is 2. The molecule has 0 aromatic heterocycles. The summed E-state index contributed by atoms with van der Waals surface area (Å²) in [5.41, 5.74) is 1.96. The molecule has 0 fully saturated rings. The first-order valence-corrected chi connectivity index (χ1v) is 6.76. The quantitative estimate of drug-likeness (QED) is 0.871. The van der Waals surface area contributed by atoms with Gasteiger partial charge in [-0.25, -0.2) is 0 Å². The van der Waals surface area contributed by atoms with Crippen molar-refractivity contribution < 1.29 is 14.6 Å². The van der Waals surface area contributed by atoms with E-state index < -0.39 is 0 Å². The Kier molecular flexibility index (Phi) is 6.22. The second kappa shape index (κ2) is 7.44. The highest BCUT2D eigenvalue weighted by atomic mass is 79.9. The maximum absolute atomic E-state index is 9.19. The van der Waals surface area contributed by atoms with Gasteiger partial charge >= 0.3 is 0 Å². The highest BCUT2D eigenvalue weighted by Crippen LogP contribution is 2.37. The number of aliphatic hydroxyl groups excluding tert-OH is 1. The van der Waals surface area contributed by atoms with Crippen LogP contribution in [0, 0.1) is 0 Å². The molecule has 0 heterocycles. The average Bonchev–Trinajstić information content (AvgIpc) is 2.38. The van der Waals surface area contributed by atoms with Gasteiger partial charge in [0.2, 0.25) is 0 Å². The van der Waals surface area contributed by atoms with E-state index in [1.165, 1.54) is 0 Å². The van der Waals surface area contributed by atoms with Crippen LogP contribution in [0.2, 0.25) is 0 Å². The monoisotopic (exact) mass is 314 g/mol. The molecule has 0 amide bonds. The first-order valence-electron chi connectivity index (χ1n) is 5.96. The summed E-state index contributed by atoms with van der Waals surface area (Å²) < 4.78 is 11.7. The van der Waals surface area contributed by atoms with Crippen LogP contribution in [-0.4, -0.2) is 25.4 Å². The lowest BCUT2D eigenvalue weighted by molar-refractivity contribution is 0.309. The number of methoxy groups -OCH3 is 1. The van der Waals surface area contributed by atoms with E-state index in [0.717, 1.165) is 22.0 Å². The van der Waals surface area contributed by atoms with Gasteiger partial charge in [-0.2, -0.15) is 0 Å². The Morgan fingerprint density at radius 2 is 2.11 bits per heavy atom. The zero-order chi connectivity index (χ0) is 13.5. The van der Waals surface area contributed by atoms with E-state index in [0.29, 0.717) is 18.1 Å². The zero-order valence-electron chi connectivity index (χ0n) is 11.0.